The van der Waals surface area contributed by atoms with Crippen LogP contribution < -0.4 is 4.74 Å². The number of rotatable bonds is 4. The van der Waals surface area contributed by atoms with Gasteiger partial charge in [0.15, 0.2) is 0 Å². The predicted molar refractivity (Wildman–Crippen MR) is 65.0 cm³/mol. The molecule has 0 atom stereocenters. The largest absolute Gasteiger partial charge is 0.497 e. The Morgan fingerprint density at radius 3 is 2.88 bits per heavy atom. The van der Waals surface area contributed by atoms with Crippen molar-refractivity contribution >= 4 is 10.9 Å². The van der Waals surface area contributed by atoms with Crippen LogP contribution in [0.3, 0.4) is 0 Å². The Labute approximate surface area is 98.8 Å². The molecule has 0 saturated heterocycles. The first-order chi connectivity index (χ1) is 8.11. The molecule has 5 nitrogen and oxygen atoms in total. The zero-order valence-corrected chi connectivity index (χ0v) is 9.84. The van der Waals surface area contributed by atoms with E-state index >= 15 is 0 Å². The third kappa shape index (κ3) is 2.22. The van der Waals surface area contributed by atoms with E-state index in [-0.39, 0.29) is 11.5 Å². The standard InChI is InChI=1S/C12H14N2O3/c1-13-8-9(5-6-14(15)16)11-7-10(17-2)3-4-12(11)13/h3-4,7-8H,5-6H2,1-2H3. The van der Waals surface area contributed by atoms with Crippen LogP contribution in [0.15, 0.2) is 24.4 Å². The molecule has 0 radical (unpaired) electrons. The SMILES string of the molecule is COc1ccc2c(c1)c(CC[N+](=O)[O-])cn2C. The predicted octanol–water partition coefficient (Wildman–Crippen LogP) is 2.01. The van der Waals surface area contributed by atoms with E-state index in [1.165, 1.54) is 0 Å². The van der Waals surface area contributed by atoms with Crippen LogP contribution in [0.2, 0.25) is 0 Å². The monoisotopic (exact) mass is 234 g/mol. The topological polar surface area (TPSA) is 57.3 Å². The first-order valence-corrected chi connectivity index (χ1v) is 5.35. The zero-order chi connectivity index (χ0) is 12.4. The highest BCUT2D eigenvalue weighted by atomic mass is 16.6. The van der Waals surface area contributed by atoms with E-state index in [4.69, 9.17) is 4.74 Å². The summed E-state index contributed by atoms with van der Waals surface area (Å²) in [4.78, 5) is 10.1. The smallest absolute Gasteiger partial charge is 0.207 e. The van der Waals surface area contributed by atoms with E-state index in [0.29, 0.717) is 6.42 Å². The summed E-state index contributed by atoms with van der Waals surface area (Å²) < 4.78 is 7.15. The average molecular weight is 234 g/mol. The minimum Gasteiger partial charge on any atom is -0.497 e. The highest BCUT2D eigenvalue weighted by Crippen LogP contribution is 2.25. The molecule has 1 aromatic carbocycles. The number of ether oxygens (including phenoxy) is 1. The second-order valence-electron chi connectivity index (χ2n) is 3.95. The van der Waals surface area contributed by atoms with Crippen molar-refractivity contribution in [1.82, 2.24) is 4.57 Å². The van der Waals surface area contributed by atoms with Crippen LogP contribution in [-0.4, -0.2) is 23.1 Å². The summed E-state index contributed by atoms with van der Waals surface area (Å²) in [5.41, 5.74) is 2.04. The molecule has 0 saturated carbocycles. The fourth-order valence-electron chi connectivity index (χ4n) is 1.99. The van der Waals surface area contributed by atoms with Gasteiger partial charge in [-0.05, 0) is 23.8 Å². The van der Waals surface area contributed by atoms with Crippen molar-refractivity contribution < 1.29 is 9.66 Å². The van der Waals surface area contributed by atoms with E-state index in [1.807, 2.05) is 36.0 Å². The van der Waals surface area contributed by atoms with Crippen molar-refractivity contribution in [2.75, 3.05) is 13.7 Å². The van der Waals surface area contributed by atoms with Crippen LogP contribution in [0.4, 0.5) is 0 Å². The number of nitrogens with zero attached hydrogens (tertiary/aromatic N) is 2. The molecule has 0 fully saturated rings. The Bertz CT molecular complexity index is 560. The number of methoxy groups -OCH3 is 1. The number of nitro groups is 1. The van der Waals surface area contributed by atoms with Crippen LogP contribution >= 0.6 is 0 Å². The first kappa shape index (κ1) is 11.4. The fraction of sp³-hybridized carbons (Fsp3) is 0.333. The van der Waals surface area contributed by atoms with Crippen molar-refractivity contribution in [2.24, 2.45) is 7.05 Å². The van der Waals surface area contributed by atoms with Gasteiger partial charge in [-0.25, -0.2) is 0 Å². The van der Waals surface area contributed by atoms with Crippen molar-refractivity contribution in [2.45, 2.75) is 6.42 Å². The fourth-order valence-corrected chi connectivity index (χ4v) is 1.99. The summed E-state index contributed by atoms with van der Waals surface area (Å²) >= 11 is 0. The number of aryl methyl sites for hydroxylation is 1. The number of benzene rings is 1. The summed E-state index contributed by atoms with van der Waals surface area (Å²) in [6.45, 7) is -0.0453. The first-order valence-electron chi connectivity index (χ1n) is 5.35. The molecule has 0 amide bonds. The lowest BCUT2D eigenvalue weighted by atomic mass is 10.1. The summed E-state index contributed by atoms with van der Waals surface area (Å²) in [6.07, 6.45) is 2.38. The molecule has 17 heavy (non-hydrogen) atoms. The molecule has 0 aliphatic rings. The van der Waals surface area contributed by atoms with Crippen LogP contribution in [0, 0.1) is 10.1 Å². The van der Waals surface area contributed by atoms with Gasteiger partial charge in [0.05, 0.1) is 7.11 Å². The third-order valence-electron chi connectivity index (χ3n) is 2.84. The maximum atomic E-state index is 10.4. The molecule has 5 heteroatoms. The highest BCUT2D eigenvalue weighted by molar-refractivity contribution is 5.85. The zero-order valence-electron chi connectivity index (χ0n) is 9.84. The van der Waals surface area contributed by atoms with Gasteiger partial charge in [0.25, 0.3) is 0 Å². The molecule has 0 bridgehead atoms. The van der Waals surface area contributed by atoms with Crippen LogP contribution in [0.5, 0.6) is 5.75 Å². The van der Waals surface area contributed by atoms with Crippen molar-refractivity contribution in [3.63, 3.8) is 0 Å². The lowest BCUT2D eigenvalue weighted by molar-refractivity contribution is -0.479. The van der Waals surface area contributed by atoms with Gasteiger partial charge >= 0.3 is 0 Å². The lowest BCUT2D eigenvalue weighted by Gasteiger charge is -2.01. The second-order valence-corrected chi connectivity index (χ2v) is 3.95. The van der Waals surface area contributed by atoms with E-state index < -0.39 is 0 Å². The second kappa shape index (κ2) is 4.45. The third-order valence-corrected chi connectivity index (χ3v) is 2.84. The number of aromatic nitrogens is 1. The summed E-state index contributed by atoms with van der Waals surface area (Å²) in [5.74, 6) is 0.769. The van der Waals surface area contributed by atoms with Crippen molar-refractivity contribution in [3.05, 3.63) is 40.1 Å². The average Bonchev–Trinajstić information content (AvgIpc) is 2.63. The number of fused-ring (bicyclic) bond motifs is 1. The Balaban J connectivity index is 2.43. The van der Waals surface area contributed by atoms with Gasteiger partial charge in [-0.2, -0.15) is 0 Å². The maximum absolute atomic E-state index is 10.4. The molecule has 0 aliphatic carbocycles. The van der Waals surface area contributed by atoms with Gasteiger partial charge in [-0.3, -0.25) is 10.1 Å². The summed E-state index contributed by atoms with van der Waals surface area (Å²) in [5, 5.41) is 11.4. The van der Waals surface area contributed by atoms with Crippen LogP contribution in [0.25, 0.3) is 10.9 Å². The molecular formula is C12H14N2O3. The molecule has 1 heterocycles. The van der Waals surface area contributed by atoms with E-state index in [0.717, 1.165) is 22.2 Å². The summed E-state index contributed by atoms with van der Waals surface area (Å²) in [7, 11) is 3.55. The van der Waals surface area contributed by atoms with Gasteiger partial charge in [0, 0.05) is 35.5 Å². The van der Waals surface area contributed by atoms with Crippen LogP contribution in [0.1, 0.15) is 5.56 Å². The molecule has 90 valence electrons. The molecule has 1 aromatic heterocycles. The minimum absolute atomic E-state index is 0.0453. The Morgan fingerprint density at radius 2 is 2.24 bits per heavy atom. The van der Waals surface area contributed by atoms with Gasteiger partial charge in [-0.15, -0.1) is 0 Å². The molecule has 2 aromatic rings. The number of hydrogen-bond donors (Lipinski definition) is 0. The van der Waals surface area contributed by atoms with E-state index in [2.05, 4.69) is 0 Å². The molecule has 0 aliphatic heterocycles. The molecular weight excluding hydrogens is 220 g/mol. The number of hydrogen-bond acceptors (Lipinski definition) is 3. The van der Waals surface area contributed by atoms with Gasteiger partial charge in [0.1, 0.15) is 5.75 Å². The van der Waals surface area contributed by atoms with Gasteiger partial charge in [0.2, 0.25) is 6.54 Å². The Morgan fingerprint density at radius 1 is 1.47 bits per heavy atom. The molecule has 2 rings (SSSR count). The maximum Gasteiger partial charge on any atom is 0.207 e. The van der Waals surface area contributed by atoms with E-state index in [9.17, 15) is 10.1 Å². The van der Waals surface area contributed by atoms with Crippen molar-refractivity contribution in [3.8, 4) is 5.75 Å². The molecule has 0 unspecified atom stereocenters. The molecule has 0 spiro atoms. The van der Waals surface area contributed by atoms with Crippen LogP contribution in [-0.2, 0) is 13.5 Å². The van der Waals surface area contributed by atoms with Gasteiger partial charge < -0.3 is 9.30 Å². The quantitative estimate of drug-likeness (QED) is 0.600. The normalized spacial score (nSPS) is 10.7. The van der Waals surface area contributed by atoms with E-state index in [1.54, 1.807) is 7.11 Å². The van der Waals surface area contributed by atoms with Crippen molar-refractivity contribution in [1.29, 1.82) is 0 Å². The van der Waals surface area contributed by atoms with Gasteiger partial charge in [-0.1, -0.05) is 0 Å². The molecule has 0 N–H and O–H groups in total. The summed E-state index contributed by atoms with van der Waals surface area (Å²) in [6, 6.07) is 5.77. The lowest BCUT2D eigenvalue weighted by Crippen LogP contribution is -2.03. The Kier molecular flexibility index (Phi) is 2.99. The minimum atomic E-state index is -0.293. The highest BCUT2D eigenvalue weighted by Gasteiger charge is 2.09. The Hall–Kier alpha value is -2.04.